The molecule has 2 heteroatoms. The van der Waals surface area contributed by atoms with Crippen molar-refractivity contribution in [3.05, 3.63) is 35.9 Å². The van der Waals surface area contributed by atoms with Gasteiger partial charge in [-0.1, -0.05) is 30.3 Å². The van der Waals surface area contributed by atoms with Crippen LogP contribution in [0.3, 0.4) is 0 Å². The second kappa shape index (κ2) is 4.14. The summed E-state index contributed by atoms with van der Waals surface area (Å²) in [6, 6.07) is 9.41. The molecule has 1 aromatic rings. The molecule has 0 heterocycles. The predicted molar refractivity (Wildman–Crippen MR) is 45.6 cm³/mol. The monoisotopic (exact) mass is 167 g/mol. The smallest absolute Gasteiger partial charge is 0.207 e. The van der Waals surface area contributed by atoms with Crippen molar-refractivity contribution in [3.8, 4) is 0 Å². The van der Waals surface area contributed by atoms with E-state index in [0.29, 0.717) is 5.88 Å². The number of hydrogen-bond donors (Lipinski definition) is 0. The van der Waals surface area contributed by atoms with Gasteiger partial charge < -0.3 is 0 Å². The van der Waals surface area contributed by atoms with E-state index in [1.54, 1.807) is 0 Å². The molecule has 0 aliphatic carbocycles. The first kappa shape index (κ1) is 8.28. The summed E-state index contributed by atoms with van der Waals surface area (Å²) in [7, 11) is 0. The zero-order valence-electron chi connectivity index (χ0n) is 5.96. The number of hydrogen-bond acceptors (Lipinski definition) is 1. The van der Waals surface area contributed by atoms with Gasteiger partial charge in [0.1, 0.15) is 0 Å². The van der Waals surface area contributed by atoms with E-state index in [1.165, 1.54) is 0 Å². The molecular formula is C9H8ClO. The van der Waals surface area contributed by atoms with Crippen molar-refractivity contribution in [2.45, 2.75) is 5.92 Å². The molecule has 1 aromatic carbocycles. The first-order chi connectivity index (χ1) is 5.38. The number of halogens is 1. The lowest BCUT2D eigenvalue weighted by atomic mass is 10.0. The Hall–Kier alpha value is -0.820. The molecule has 1 atom stereocenters. The lowest BCUT2D eigenvalue weighted by Gasteiger charge is -2.03. The van der Waals surface area contributed by atoms with Crippen LogP contribution in [0.2, 0.25) is 0 Å². The van der Waals surface area contributed by atoms with Crippen LogP contribution in [-0.4, -0.2) is 12.2 Å². The molecule has 1 rings (SSSR count). The summed E-state index contributed by atoms with van der Waals surface area (Å²) in [6.45, 7) is 0. The van der Waals surface area contributed by atoms with Crippen molar-refractivity contribution in [1.29, 1.82) is 0 Å². The lowest BCUT2D eigenvalue weighted by Crippen LogP contribution is -2.00. The van der Waals surface area contributed by atoms with Crippen LogP contribution in [-0.2, 0) is 4.79 Å². The molecule has 0 spiro atoms. The van der Waals surface area contributed by atoms with Crippen LogP contribution in [0.1, 0.15) is 11.5 Å². The van der Waals surface area contributed by atoms with Crippen LogP contribution in [0.15, 0.2) is 30.3 Å². The summed E-state index contributed by atoms with van der Waals surface area (Å²) >= 11 is 5.54. The van der Waals surface area contributed by atoms with E-state index in [-0.39, 0.29) is 5.92 Å². The number of carbonyl (C=O) groups excluding carboxylic acids is 1. The Labute approximate surface area is 71.0 Å². The Kier molecular flexibility index (Phi) is 3.12. The van der Waals surface area contributed by atoms with E-state index in [2.05, 4.69) is 0 Å². The zero-order chi connectivity index (χ0) is 8.10. The second-order valence-electron chi connectivity index (χ2n) is 2.24. The van der Waals surface area contributed by atoms with E-state index < -0.39 is 0 Å². The zero-order valence-corrected chi connectivity index (χ0v) is 6.71. The molecule has 1 nitrogen and oxygen atoms in total. The highest BCUT2D eigenvalue weighted by molar-refractivity contribution is 6.19. The van der Waals surface area contributed by atoms with Crippen LogP contribution < -0.4 is 0 Å². The van der Waals surface area contributed by atoms with Gasteiger partial charge in [0.25, 0.3) is 0 Å². The standard InChI is InChI=1S/C9H8ClO/c10-6-9(7-11)8-4-2-1-3-5-8/h1-5,9H,6H2. The van der Waals surface area contributed by atoms with E-state index in [4.69, 9.17) is 11.6 Å². The van der Waals surface area contributed by atoms with Gasteiger partial charge in [0.15, 0.2) is 0 Å². The number of rotatable bonds is 3. The average molecular weight is 168 g/mol. The number of benzene rings is 1. The molecule has 0 N–H and O–H groups in total. The summed E-state index contributed by atoms with van der Waals surface area (Å²) in [4.78, 5) is 10.3. The van der Waals surface area contributed by atoms with Crippen molar-refractivity contribution in [1.82, 2.24) is 0 Å². The second-order valence-corrected chi connectivity index (χ2v) is 2.54. The Morgan fingerprint density at radius 2 is 2.00 bits per heavy atom. The fourth-order valence-corrected chi connectivity index (χ4v) is 1.12. The minimum Gasteiger partial charge on any atom is -0.290 e. The summed E-state index contributed by atoms with van der Waals surface area (Å²) in [5.41, 5.74) is 0.928. The molecule has 0 amide bonds. The van der Waals surface area contributed by atoms with E-state index >= 15 is 0 Å². The van der Waals surface area contributed by atoms with Crippen LogP contribution >= 0.6 is 11.6 Å². The third-order valence-electron chi connectivity index (χ3n) is 1.50. The van der Waals surface area contributed by atoms with Crippen molar-refractivity contribution < 1.29 is 4.79 Å². The quantitative estimate of drug-likeness (QED) is 0.631. The molecule has 0 fully saturated rings. The van der Waals surface area contributed by atoms with Crippen molar-refractivity contribution in [2.75, 3.05) is 5.88 Å². The van der Waals surface area contributed by atoms with Crippen LogP contribution in [0, 0.1) is 0 Å². The van der Waals surface area contributed by atoms with Crippen LogP contribution in [0.4, 0.5) is 0 Å². The fraction of sp³-hybridized carbons (Fsp3) is 0.222. The molecule has 11 heavy (non-hydrogen) atoms. The topological polar surface area (TPSA) is 17.1 Å². The van der Waals surface area contributed by atoms with Gasteiger partial charge in [0.05, 0.1) is 5.92 Å². The van der Waals surface area contributed by atoms with Gasteiger partial charge in [-0.2, -0.15) is 0 Å². The minimum atomic E-state index is -0.280. The maximum Gasteiger partial charge on any atom is 0.207 e. The van der Waals surface area contributed by atoms with E-state index in [0.717, 1.165) is 5.56 Å². The van der Waals surface area contributed by atoms with Gasteiger partial charge in [-0.15, -0.1) is 11.6 Å². The highest BCUT2D eigenvalue weighted by Gasteiger charge is 2.07. The maximum absolute atomic E-state index is 10.3. The summed E-state index contributed by atoms with van der Waals surface area (Å²) in [5, 5.41) is 0. The molecule has 57 valence electrons. The normalized spacial score (nSPS) is 12.5. The van der Waals surface area contributed by atoms with Gasteiger partial charge in [-0.25, -0.2) is 0 Å². The largest absolute Gasteiger partial charge is 0.290 e. The van der Waals surface area contributed by atoms with Crippen molar-refractivity contribution in [3.63, 3.8) is 0 Å². The van der Waals surface area contributed by atoms with Crippen molar-refractivity contribution in [2.24, 2.45) is 0 Å². The van der Waals surface area contributed by atoms with E-state index in [1.807, 2.05) is 36.6 Å². The van der Waals surface area contributed by atoms with Gasteiger partial charge in [0, 0.05) is 5.88 Å². The first-order valence-electron chi connectivity index (χ1n) is 3.37. The lowest BCUT2D eigenvalue weighted by molar-refractivity contribution is 0.547. The Balaban J connectivity index is 2.82. The van der Waals surface area contributed by atoms with Gasteiger partial charge in [0.2, 0.25) is 6.29 Å². The Morgan fingerprint density at radius 1 is 1.36 bits per heavy atom. The molecule has 0 aromatic heterocycles. The molecule has 0 aliphatic heterocycles. The molecule has 0 saturated carbocycles. The SMILES string of the molecule is O=[C]C(CCl)c1ccccc1. The molecule has 1 unspecified atom stereocenters. The first-order valence-corrected chi connectivity index (χ1v) is 3.90. The van der Waals surface area contributed by atoms with Crippen LogP contribution in [0.5, 0.6) is 0 Å². The predicted octanol–water partition coefficient (Wildman–Crippen LogP) is 2.12. The molecule has 0 bridgehead atoms. The Morgan fingerprint density at radius 3 is 2.45 bits per heavy atom. The Bertz CT molecular complexity index is 220. The van der Waals surface area contributed by atoms with Gasteiger partial charge in [-0.3, -0.25) is 4.79 Å². The minimum absolute atomic E-state index is 0.280. The van der Waals surface area contributed by atoms with Crippen molar-refractivity contribution >= 4 is 17.9 Å². The highest BCUT2D eigenvalue weighted by Crippen LogP contribution is 2.13. The molecule has 0 saturated heterocycles. The van der Waals surface area contributed by atoms with E-state index in [9.17, 15) is 4.79 Å². The van der Waals surface area contributed by atoms with Gasteiger partial charge in [-0.05, 0) is 5.56 Å². The summed E-state index contributed by atoms with van der Waals surface area (Å²) in [6.07, 6.45) is 1.89. The molecule has 0 aliphatic rings. The maximum atomic E-state index is 10.3. The third kappa shape index (κ3) is 2.05. The summed E-state index contributed by atoms with van der Waals surface area (Å²) < 4.78 is 0. The number of alkyl halides is 1. The van der Waals surface area contributed by atoms with Gasteiger partial charge >= 0.3 is 0 Å². The third-order valence-corrected chi connectivity index (χ3v) is 1.81. The average Bonchev–Trinajstić information content (AvgIpc) is 2.09. The molecule has 1 radical (unpaired) electrons. The summed E-state index contributed by atoms with van der Waals surface area (Å²) in [5.74, 6) is 0.0194. The van der Waals surface area contributed by atoms with Crippen LogP contribution in [0.25, 0.3) is 0 Å². The fourth-order valence-electron chi connectivity index (χ4n) is 0.874. The molecular weight excluding hydrogens is 160 g/mol. The highest BCUT2D eigenvalue weighted by atomic mass is 35.5.